The van der Waals surface area contributed by atoms with Crippen molar-refractivity contribution in [1.82, 2.24) is 0 Å². The molecule has 36 heavy (non-hydrogen) atoms. The largest absolute Gasteiger partial charge is 1.00 e. The predicted molar refractivity (Wildman–Crippen MR) is 148 cm³/mol. The third-order valence-corrected chi connectivity index (χ3v) is 7.18. The summed E-state index contributed by atoms with van der Waals surface area (Å²) in [5.74, 6) is 0. The van der Waals surface area contributed by atoms with Gasteiger partial charge >= 0.3 is 0 Å². The van der Waals surface area contributed by atoms with E-state index < -0.39 is 0 Å². The van der Waals surface area contributed by atoms with Crippen molar-refractivity contribution >= 4 is 68.7 Å². The van der Waals surface area contributed by atoms with Crippen LogP contribution in [-0.2, 0) is 0 Å². The fourth-order valence-corrected chi connectivity index (χ4v) is 5.20. The summed E-state index contributed by atoms with van der Waals surface area (Å²) >= 11 is 17.2. The van der Waals surface area contributed by atoms with Gasteiger partial charge in [0.1, 0.15) is 10.0 Å². The lowest BCUT2D eigenvalue weighted by Gasteiger charge is -2.05. The summed E-state index contributed by atoms with van der Waals surface area (Å²) in [5, 5.41) is 3.83. The van der Waals surface area contributed by atoms with Crippen LogP contribution < -0.4 is 33.6 Å². The second kappa shape index (κ2) is 12.3. The normalized spacial score (nSPS) is 10.2. The average Bonchev–Trinajstić information content (AvgIpc) is 2.83. The van der Waals surface area contributed by atoms with Gasteiger partial charge in [0.05, 0.1) is 10.8 Å². The van der Waals surface area contributed by atoms with E-state index in [1.807, 2.05) is 60.9 Å². The minimum Gasteiger partial charge on any atom is -1.00 e. The Hall–Kier alpha value is -2.27. The van der Waals surface area contributed by atoms with Gasteiger partial charge in [0.15, 0.2) is 12.4 Å². The maximum atomic E-state index is 6.31. The van der Waals surface area contributed by atoms with E-state index in [0.29, 0.717) is 0 Å². The van der Waals surface area contributed by atoms with Gasteiger partial charge in [0.25, 0.3) is 0 Å². The molecule has 0 fully saturated rings. The van der Waals surface area contributed by atoms with Crippen molar-refractivity contribution in [3.8, 4) is 0 Å². The Morgan fingerprint density at radius 2 is 1.22 bits per heavy atom. The summed E-state index contributed by atoms with van der Waals surface area (Å²) in [6.45, 7) is 4.20. The van der Waals surface area contributed by atoms with Crippen LogP contribution in [-0.4, -0.2) is 0 Å². The van der Waals surface area contributed by atoms with Gasteiger partial charge in [-0.05, 0) is 55.8 Å². The zero-order valence-electron chi connectivity index (χ0n) is 19.0. The van der Waals surface area contributed by atoms with Crippen LogP contribution in [0.15, 0.2) is 96.2 Å². The van der Waals surface area contributed by atoms with E-state index in [-0.39, 0.29) is 32.2 Å². The Kier molecular flexibility index (Phi) is 10.2. The standard InChI is InChI=1S/C14H10ClNS.C14H11ClN.CH4.2ClH/c1-9-12-7-2-3-8-16(12)13-10(14(9)17)5-4-6-11(13)15;1-10-9-11-5-2-3-8-16(11)14-12(10)6-4-7-13(14)15;;;/h2-8H,1H3;2-9H,1H3;1H4;2*1H/q;+1;;;/p-1. The van der Waals surface area contributed by atoms with Gasteiger partial charge in [-0.1, -0.05) is 42.8 Å². The number of thiol groups is 1. The molecule has 7 heteroatoms. The van der Waals surface area contributed by atoms with E-state index in [0.717, 1.165) is 36.9 Å². The molecule has 0 bridgehead atoms. The summed E-state index contributed by atoms with van der Waals surface area (Å²) in [4.78, 5) is 0.994. The molecular weight excluding hydrogens is 550 g/mol. The lowest BCUT2D eigenvalue weighted by molar-refractivity contribution is -0.482. The lowest BCUT2D eigenvalue weighted by atomic mass is 10.1. The number of pyridine rings is 4. The molecule has 0 N–H and O–H groups in total. The molecule has 0 aliphatic carbocycles. The van der Waals surface area contributed by atoms with Crippen LogP contribution in [0.25, 0.3) is 32.8 Å². The maximum Gasteiger partial charge on any atom is 0.238 e. The first kappa shape index (κ1) is 30.0. The number of rotatable bonds is 0. The van der Waals surface area contributed by atoms with Crippen molar-refractivity contribution in [1.29, 1.82) is 0 Å². The number of para-hydroxylation sites is 2. The van der Waals surface area contributed by atoms with Crippen molar-refractivity contribution in [3.63, 3.8) is 0 Å². The molecular formula is C29H26Cl4N2S. The summed E-state index contributed by atoms with van der Waals surface area (Å²) in [6.07, 6.45) is 4.08. The van der Waals surface area contributed by atoms with Gasteiger partial charge < -0.3 is 24.8 Å². The molecule has 0 saturated heterocycles. The van der Waals surface area contributed by atoms with Gasteiger partial charge in [-0.3, -0.25) is 0 Å². The summed E-state index contributed by atoms with van der Waals surface area (Å²) in [5.41, 5.74) is 6.83. The molecule has 6 rings (SSSR count). The number of aromatic nitrogens is 2. The molecule has 0 amide bonds. The zero-order valence-corrected chi connectivity index (χ0v) is 22.9. The molecule has 4 heterocycles. The first-order valence-electron chi connectivity index (χ1n) is 10.7. The Bertz CT molecular complexity index is 1690. The molecule has 0 aliphatic heterocycles. The molecule has 0 atom stereocenters. The molecule has 0 unspecified atom stereocenters. The quantitative estimate of drug-likeness (QED) is 0.161. The van der Waals surface area contributed by atoms with Crippen molar-refractivity contribution in [3.05, 3.63) is 112 Å². The summed E-state index contributed by atoms with van der Waals surface area (Å²) < 4.78 is 4.25. The first-order valence-corrected chi connectivity index (χ1v) is 11.9. The predicted octanol–water partition coefficient (Wildman–Crippen LogP) is 2.01. The van der Waals surface area contributed by atoms with Crippen LogP contribution in [0.3, 0.4) is 0 Å². The van der Waals surface area contributed by atoms with E-state index in [1.54, 1.807) is 0 Å². The minimum atomic E-state index is 0. The van der Waals surface area contributed by atoms with Gasteiger partial charge in [0.2, 0.25) is 22.1 Å². The fraction of sp³-hybridized carbons (Fsp3) is 0.103. The van der Waals surface area contributed by atoms with Crippen LogP contribution in [0, 0.1) is 13.8 Å². The van der Waals surface area contributed by atoms with Crippen molar-refractivity contribution in [2.45, 2.75) is 26.2 Å². The zero-order chi connectivity index (χ0) is 23.1. The molecule has 2 aromatic carbocycles. The van der Waals surface area contributed by atoms with Crippen molar-refractivity contribution in [2.75, 3.05) is 0 Å². The topological polar surface area (TPSA) is 8.20 Å². The number of aryl methyl sites for hydroxylation is 2. The summed E-state index contributed by atoms with van der Waals surface area (Å²) in [7, 11) is 0. The Morgan fingerprint density at radius 1 is 0.667 bits per heavy atom. The molecule has 6 aromatic rings. The molecule has 0 saturated carbocycles. The molecule has 0 spiro atoms. The van der Waals surface area contributed by atoms with Crippen LogP contribution >= 0.6 is 35.8 Å². The SMILES string of the molecule is C.Cc1c(S)c2cccc(Cl)c2[n+]2ccccc12.Cc1cc2cccc[n+]2c2c(Cl)cccc12.[Cl-].[Cl-]. The molecule has 186 valence electrons. The number of hydrogen-bond donors (Lipinski definition) is 1. The highest BCUT2D eigenvalue weighted by Gasteiger charge is 2.18. The van der Waals surface area contributed by atoms with Crippen LogP contribution in [0.5, 0.6) is 0 Å². The van der Waals surface area contributed by atoms with Crippen LogP contribution in [0.2, 0.25) is 10.0 Å². The number of benzene rings is 2. The summed E-state index contributed by atoms with van der Waals surface area (Å²) in [6, 6.07) is 26.4. The monoisotopic (exact) mass is 574 g/mol. The fourth-order valence-electron chi connectivity index (χ4n) is 4.37. The number of halogens is 4. The maximum absolute atomic E-state index is 6.31. The van der Waals surface area contributed by atoms with E-state index >= 15 is 0 Å². The Morgan fingerprint density at radius 3 is 1.89 bits per heavy atom. The molecule has 0 radical (unpaired) electrons. The van der Waals surface area contributed by atoms with Gasteiger partial charge in [-0.2, -0.15) is 8.80 Å². The Labute approximate surface area is 239 Å². The Balaban J connectivity index is 0.000000234. The van der Waals surface area contributed by atoms with Gasteiger partial charge in [0, 0.05) is 40.8 Å². The average molecular weight is 576 g/mol. The first-order chi connectivity index (χ1) is 16.0. The minimum absolute atomic E-state index is 0. The van der Waals surface area contributed by atoms with Crippen LogP contribution in [0.4, 0.5) is 0 Å². The smallest absolute Gasteiger partial charge is 0.238 e. The van der Waals surface area contributed by atoms with E-state index in [1.165, 1.54) is 22.0 Å². The highest BCUT2D eigenvalue weighted by atomic mass is 35.5. The van der Waals surface area contributed by atoms with Gasteiger partial charge in [-0.15, -0.1) is 12.6 Å². The second-order valence-corrected chi connectivity index (χ2v) is 9.29. The highest BCUT2D eigenvalue weighted by Crippen LogP contribution is 2.29. The molecule has 2 nitrogen and oxygen atoms in total. The number of nitrogens with zero attached hydrogens (tertiary/aromatic N) is 2. The van der Waals surface area contributed by atoms with Crippen LogP contribution in [0.1, 0.15) is 18.6 Å². The highest BCUT2D eigenvalue weighted by molar-refractivity contribution is 7.80. The number of fused-ring (bicyclic) bond motifs is 6. The number of hydrogen-bond acceptors (Lipinski definition) is 1. The third-order valence-electron chi connectivity index (χ3n) is 5.99. The van der Waals surface area contributed by atoms with E-state index in [2.05, 4.69) is 65.6 Å². The van der Waals surface area contributed by atoms with Crippen molar-refractivity contribution < 1.29 is 33.6 Å². The lowest BCUT2D eigenvalue weighted by Crippen LogP contribution is -3.00. The van der Waals surface area contributed by atoms with E-state index in [4.69, 9.17) is 23.2 Å². The second-order valence-electron chi connectivity index (χ2n) is 8.02. The molecule has 4 aromatic heterocycles. The third kappa shape index (κ3) is 5.22. The molecule has 0 aliphatic rings. The van der Waals surface area contributed by atoms with Crippen molar-refractivity contribution in [2.24, 2.45) is 0 Å². The van der Waals surface area contributed by atoms with E-state index in [9.17, 15) is 0 Å². The van der Waals surface area contributed by atoms with Gasteiger partial charge in [-0.25, -0.2) is 0 Å².